The highest BCUT2D eigenvalue weighted by Gasteiger charge is 2.22. The first kappa shape index (κ1) is 18.6. The van der Waals surface area contributed by atoms with Gasteiger partial charge in [-0.1, -0.05) is 44.5 Å². The van der Waals surface area contributed by atoms with Gasteiger partial charge in [-0.2, -0.15) is 0 Å². The van der Waals surface area contributed by atoms with Crippen LogP contribution in [-0.4, -0.2) is 15.5 Å². The Hall–Kier alpha value is -1.72. The van der Waals surface area contributed by atoms with Crippen molar-refractivity contribution >= 4 is 27.3 Å². The SMILES string of the molecule is COc1ccc(Cl)cc1NS(=O)(=O)c1cc(C(C)(C)C)ccc1C. The first-order chi connectivity index (χ1) is 11.0. The predicted molar refractivity (Wildman–Crippen MR) is 98.7 cm³/mol. The van der Waals surface area contributed by atoms with Crippen LogP contribution in [0.5, 0.6) is 5.75 Å². The number of hydrogen-bond donors (Lipinski definition) is 1. The van der Waals surface area contributed by atoms with Gasteiger partial charge in [0.25, 0.3) is 10.0 Å². The molecule has 6 heteroatoms. The zero-order valence-electron chi connectivity index (χ0n) is 14.5. The molecule has 2 aromatic rings. The van der Waals surface area contributed by atoms with E-state index in [1.807, 2.05) is 32.9 Å². The highest BCUT2D eigenvalue weighted by atomic mass is 35.5. The first-order valence-electron chi connectivity index (χ1n) is 7.52. The van der Waals surface area contributed by atoms with E-state index in [0.717, 1.165) is 5.56 Å². The molecule has 0 fully saturated rings. The number of aryl methyl sites for hydroxylation is 1. The van der Waals surface area contributed by atoms with Gasteiger partial charge in [0.05, 0.1) is 17.7 Å². The number of halogens is 1. The van der Waals surface area contributed by atoms with Gasteiger partial charge in [-0.3, -0.25) is 4.72 Å². The lowest BCUT2D eigenvalue weighted by molar-refractivity contribution is 0.417. The Labute approximate surface area is 148 Å². The van der Waals surface area contributed by atoms with Gasteiger partial charge < -0.3 is 4.74 Å². The van der Waals surface area contributed by atoms with E-state index in [0.29, 0.717) is 22.0 Å². The lowest BCUT2D eigenvalue weighted by atomic mass is 9.87. The second kappa shape index (κ2) is 6.65. The fraction of sp³-hybridized carbons (Fsp3) is 0.333. The fourth-order valence-electron chi connectivity index (χ4n) is 2.32. The van der Waals surface area contributed by atoms with Crippen molar-refractivity contribution in [2.45, 2.75) is 38.0 Å². The van der Waals surface area contributed by atoms with Crippen molar-refractivity contribution in [3.05, 3.63) is 52.5 Å². The standard InChI is InChI=1S/C18H22ClNO3S/c1-12-6-7-13(18(2,3)4)10-17(12)24(21,22)20-15-11-14(19)8-9-16(15)23-5/h6-11,20H,1-5H3. The summed E-state index contributed by atoms with van der Waals surface area (Å²) in [4.78, 5) is 0.247. The Morgan fingerprint density at radius 3 is 2.33 bits per heavy atom. The third-order valence-electron chi connectivity index (χ3n) is 3.75. The van der Waals surface area contributed by atoms with Crippen molar-refractivity contribution in [3.8, 4) is 5.75 Å². The molecule has 130 valence electrons. The molecule has 0 saturated heterocycles. The van der Waals surface area contributed by atoms with E-state index in [1.165, 1.54) is 13.2 Å². The molecule has 0 aliphatic carbocycles. The molecular formula is C18H22ClNO3S. The largest absolute Gasteiger partial charge is 0.495 e. The number of ether oxygens (including phenoxy) is 1. The molecule has 0 radical (unpaired) electrons. The minimum absolute atomic E-state index is 0.147. The van der Waals surface area contributed by atoms with E-state index in [-0.39, 0.29) is 10.3 Å². The summed E-state index contributed by atoms with van der Waals surface area (Å²) in [6, 6.07) is 10.3. The van der Waals surface area contributed by atoms with Crippen molar-refractivity contribution < 1.29 is 13.2 Å². The molecule has 0 spiro atoms. The van der Waals surface area contributed by atoms with E-state index < -0.39 is 10.0 Å². The van der Waals surface area contributed by atoms with Gasteiger partial charge in [0.1, 0.15) is 5.75 Å². The summed E-state index contributed by atoms with van der Waals surface area (Å²) in [7, 11) is -2.29. The molecule has 0 bridgehead atoms. The van der Waals surface area contributed by atoms with Crippen LogP contribution in [0.2, 0.25) is 5.02 Å². The summed E-state index contributed by atoms with van der Waals surface area (Å²) < 4.78 is 33.5. The molecule has 24 heavy (non-hydrogen) atoms. The highest BCUT2D eigenvalue weighted by Crippen LogP contribution is 2.32. The summed E-state index contributed by atoms with van der Waals surface area (Å²) >= 11 is 5.97. The van der Waals surface area contributed by atoms with E-state index in [9.17, 15) is 8.42 Å². The molecule has 0 saturated carbocycles. The monoisotopic (exact) mass is 367 g/mol. The molecule has 0 atom stereocenters. The molecule has 0 aromatic heterocycles. The van der Waals surface area contributed by atoms with Crippen LogP contribution < -0.4 is 9.46 Å². The van der Waals surface area contributed by atoms with Crippen molar-refractivity contribution in [1.82, 2.24) is 0 Å². The van der Waals surface area contributed by atoms with Gasteiger partial charge in [-0.15, -0.1) is 0 Å². The van der Waals surface area contributed by atoms with Crippen molar-refractivity contribution in [2.75, 3.05) is 11.8 Å². The zero-order valence-corrected chi connectivity index (χ0v) is 16.0. The van der Waals surface area contributed by atoms with Gasteiger partial charge in [-0.25, -0.2) is 8.42 Å². The van der Waals surface area contributed by atoms with Gasteiger partial charge in [-0.05, 0) is 47.7 Å². The maximum Gasteiger partial charge on any atom is 0.262 e. The topological polar surface area (TPSA) is 55.4 Å². The maximum atomic E-state index is 12.9. The Morgan fingerprint density at radius 1 is 1.08 bits per heavy atom. The average Bonchev–Trinajstić information content (AvgIpc) is 2.46. The van der Waals surface area contributed by atoms with Crippen LogP contribution in [0, 0.1) is 6.92 Å². The molecular weight excluding hydrogens is 346 g/mol. The van der Waals surface area contributed by atoms with Crippen LogP contribution >= 0.6 is 11.6 Å². The van der Waals surface area contributed by atoms with Gasteiger partial charge in [0.15, 0.2) is 0 Å². The van der Waals surface area contributed by atoms with Gasteiger partial charge in [0.2, 0.25) is 0 Å². The number of sulfonamides is 1. The smallest absolute Gasteiger partial charge is 0.262 e. The third kappa shape index (κ3) is 4.02. The van der Waals surface area contributed by atoms with Gasteiger partial charge in [0, 0.05) is 5.02 Å². The average molecular weight is 368 g/mol. The normalized spacial score (nSPS) is 12.1. The molecule has 4 nitrogen and oxygen atoms in total. The lowest BCUT2D eigenvalue weighted by Gasteiger charge is -2.21. The molecule has 0 heterocycles. The summed E-state index contributed by atoms with van der Waals surface area (Å²) in [5.41, 5.74) is 1.79. The summed E-state index contributed by atoms with van der Waals surface area (Å²) in [5, 5.41) is 0.425. The molecule has 0 amide bonds. The number of nitrogens with one attached hydrogen (secondary N) is 1. The summed E-state index contributed by atoms with van der Waals surface area (Å²) in [6.07, 6.45) is 0. The Bertz CT molecular complexity index is 855. The van der Waals surface area contributed by atoms with Crippen LogP contribution in [0.1, 0.15) is 31.9 Å². The quantitative estimate of drug-likeness (QED) is 0.847. The summed E-state index contributed by atoms with van der Waals surface area (Å²) in [6.45, 7) is 7.90. The van der Waals surface area contributed by atoms with Crippen LogP contribution in [0.3, 0.4) is 0 Å². The van der Waals surface area contributed by atoms with E-state index in [2.05, 4.69) is 4.72 Å². The predicted octanol–water partition coefficient (Wildman–Crippen LogP) is 4.76. The van der Waals surface area contributed by atoms with Crippen molar-refractivity contribution in [2.24, 2.45) is 0 Å². The minimum Gasteiger partial charge on any atom is -0.495 e. The number of methoxy groups -OCH3 is 1. The Kier molecular flexibility index (Phi) is 5.16. The molecule has 2 aromatic carbocycles. The molecule has 1 N–H and O–H groups in total. The lowest BCUT2D eigenvalue weighted by Crippen LogP contribution is -2.17. The van der Waals surface area contributed by atoms with Crippen LogP contribution in [-0.2, 0) is 15.4 Å². The zero-order chi connectivity index (χ0) is 18.1. The van der Waals surface area contributed by atoms with E-state index in [4.69, 9.17) is 16.3 Å². The van der Waals surface area contributed by atoms with Crippen LogP contribution in [0.4, 0.5) is 5.69 Å². The molecule has 0 aliphatic rings. The second-order valence-corrected chi connectivity index (χ2v) is 8.77. The Morgan fingerprint density at radius 2 is 1.75 bits per heavy atom. The third-order valence-corrected chi connectivity index (χ3v) is 5.49. The van der Waals surface area contributed by atoms with E-state index in [1.54, 1.807) is 25.1 Å². The summed E-state index contributed by atoms with van der Waals surface area (Å²) in [5.74, 6) is 0.410. The van der Waals surface area contributed by atoms with Crippen molar-refractivity contribution in [3.63, 3.8) is 0 Å². The second-order valence-electron chi connectivity index (χ2n) is 6.68. The minimum atomic E-state index is -3.76. The maximum absolute atomic E-state index is 12.9. The van der Waals surface area contributed by atoms with Crippen molar-refractivity contribution in [1.29, 1.82) is 0 Å². The van der Waals surface area contributed by atoms with Crippen LogP contribution in [0.25, 0.3) is 0 Å². The van der Waals surface area contributed by atoms with E-state index >= 15 is 0 Å². The number of rotatable bonds is 4. The Balaban J connectivity index is 2.50. The van der Waals surface area contributed by atoms with Crippen LogP contribution in [0.15, 0.2) is 41.3 Å². The molecule has 0 aliphatic heterocycles. The fourth-order valence-corrected chi connectivity index (χ4v) is 3.82. The van der Waals surface area contributed by atoms with Gasteiger partial charge >= 0.3 is 0 Å². The molecule has 0 unspecified atom stereocenters. The first-order valence-corrected chi connectivity index (χ1v) is 9.38. The highest BCUT2D eigenvalue weighted by molar-refractivity contribution is 7.92. The number of benzene rings is 2. The molecule has 2 rings (SSSR count). The number of anilines is 1. The number of hydrogen-bond acceptors (Lipinski definition) is 3.